The van der Waals surface area contributed by atoms with Crippen molar-refractivity contribution >= 4 is 41.4 Å². The lowest BCUT2D eigenvalue weighted by Crippen LogP contribution is -2.39. The maximum atomic E-state index is 12.4. The molecule has 2 bridgehead atoms. The van der Waals surface area contributed by atoms with Crippen molar-refractivity contribution in [3.8, 4) is 0 Å². The number of hydrogen-bond acceptors (Lipinski definition) is 5. The normalized spacial score (nSPS) is 24.5. The Kier molecular flexibility index (Phi) is 6.34. The highest BCUT2D eigenvalue weighted by atomic mass is 35.5. The van der Waals surface area contributed by atoms with Crippen molar-refractivity contribution in [3.05, 3.63) is 11.1 Å². The molecule has 0 spiro atoms. The molecular formula is C14H22ClN3OS2. The second-order valence-corrected chi connectivity index (χ2v) is 7.85. The molecule has 0 unspecified atom stereocenters. The molecule has 118 valence electrons. The summed E-state index contributed by atoms with van der Waals surface area (Å²) in [6.45, 7) is 3.89. The molecular weight excluding hydrogens is 326 g/mol. The zero-order chi connectivity index (χ0) is 13.9. The molecule has 2 atom stereocenters. The summed E-state index contributed by atoms with van der Waals surface area (Å²) in [6.07, 6.45) is 4.03. The quantitative estimate of drug-likeness (QED) is 0.850. The number of thioether (sulfide) groups is 1. The summed E-state index contributed by atoms with van der Waals surface area (Å²) in [7, 11) is 0. The maximum absolute atomic E-state index is 12.4. The first kappa shape index (κ1) is 17.1. The molecule has 4 nitrogen and oxygen atoms in total. The highest BCUT2D eigenvalue weighted by molar-refractivity contribution is 8.00. The van der Waals surface area contributed by atoms with Gasteiger partial charge in [0.25, 0.3) is 0 Å². The first-order chi connectivity index (χ1) is 9.74. The number of nitrogens with zero attached hydrogens (tertiary/aromatic N) is 2. The lowest BCUT2D eigenvalue weighted by molar-refractivity contribution is -0.130. The highest BCUT2D eigenvalue weighted by Crippen LogP contribution is 2.24. The van der Waals surface area contributed by atoms with E-state index in [2.05, 4.69) is 17.2 Å². The van der Waals surface area contributed by atoms with Crippen LogP contribution < -0.4 is 5.32 Å². The van der Waals surface area contributed by atoms with Crippen LogP contribution in [0, 0.1) is 0 Å². The number of amides is 1. The maximum Gasteiger partial charge on any atom is 0.228 e. The molecule has 1 amide bonds. The number of rotatable bonds is 4. The van der Waals surface area contributed by atoms with Crippen molar-refractivity contribution in [1.29, 1.82) is 0 Å². The van der Waals surface area contributed by atoms with E-state index in [-0.39, 0.29) is 18.3 Å². The smallest absolute Gasteiger partial charge is 0.228 e. The number of nitrogens with one attached hydrogen (secondary N) is 1. The summed E-state index contributed by atoms with van der Waals surface area (Å²) in [5, 5.41) is 5.64. The van der Waals surface area contributed by atoms with E-state index in [9.17, 15) is 4.79 Å². The first-order valence-corrected chi connectivity index (χ1v) is 9.22. The van der Waals surface area contributed by atoms with Crippen LogP contribution in [0.5, 0.6) is 0 Å². The minimum Gasteiger partial charge on any atom is -0.341 e. The summed E-state index contributed by atoms with van der Waals surface area (Å²) in [6, 6.07) is 1.14. The van der Waals surface area contributed by atoms with E-state index in [0.717, 1.165) is 35.3 Å². The summed E-state index contributed by atoms with van der Waals surface area (Å²) in [5.41, 5.74) is 0.929. The van der Waals surface area contributed by atoms with E-state index in [0.29, 0.717) is 18.5 Å². The number of carbonyl (C=O) groups excluding carboxylic acids is 1. The van der Waals surface area contributed by atoms with Gasteiger partial charge in [0.05, 0.1) is 12.1 Å². The second kappa shape index (κ2) is 7.81. The third kappa shape index (κ3) is 4.34. The van der Waals surface area contributed by atoms with Gasteiger partial charge in [0.15, 0.2) is 0 Å². The van der Waals surface area contributed by atoms with Crippen molar-refractivity contribution in [2.24, 2.45) is 0 Å². The Bertz CT molecular complexity index is 483. The van der Waals surface area contributed by atoms with Gasteiger partial charge in [0.1, 0.15) is 4.34 Å². The Morgan fingerprint density at radius 3 is 3.10 bits per heavy atom. The average molecular weight is 348 g/mol. The summed E-state index contributed by atoms with van der Waals surface area (Å²) in [5.74, 6) is 1.26. The van der Waals surface area contributed by atoms with Gasteiger partial charge in [-0.3, -0.25) is 4.79 Å². The Balaban J connectivity index is 0.00000161. The first-order valence-electron chi connectivity index (χ1n) is 7.35. The standard InChI is InChI=1S/C14H21N3OS2.ClH/c1-2-19-14-16-12(9-20-14)7-13(18)17-6-5-10-3-4-11(8-17)15-10;/h9-11,15H,2-8H2,1H3;1H/t10-,11+;/m1./s1. The van der Waals surface area contributed by atoms with E-state index in [4.69, 9.17) is 0 Å². The zero-order valence-electron chi connectivity index (χ0n) is 12.2. The summed E-state index contributed by atoms with van der Waals surface area (Å²) in [4.78, 5) is 19.0. The lowest BCUT2D eigenvalue weighted by Gasteiger charge is -2.24. The molecule has 0 radical (unpaired) electrons. The fourth-order valence-corrected chi connectivity index (χ4v) is 4.74. The number of halogens is 1. The Morgan fingerprint density at radius 1 is 1.48 bits per heavy atom. The number of fused-ring (bicyclic) bond motifs is 2. The molecule has 2 saturated heterocycles. The molecule has 1 aromatic heterocycles. The third-order valence-corrected chi connectivity index (χ3v) is 5.96. The van der Waals surface area contributed by atoms with Crippen molar-refractivity contribution in [2.45, 2.75) is 49.0 Å². The Morgan fingerprint density at radius 2 is 2.29 bits per heavy atom. The van der Waals surface area contributed by atoms with Crippen LogP contribution in [0.3, 0.4) is 0 Å². The fourth-order valence-electron chi connectivity index (χ4n) is 3.00. The van der Waals surface area contributed by atoms with Crippen LogP contribution in [0.4, 0.5) is 0 Å². The van der Waals surface area contributed by atoms with E-state index in [1.54, 1.807) is 23.1 Å². The van der Waals surface area contributed by atoms with Gasteiger partial charge in [-0.25, -0.2) is 4.98 Å². The van der Waals surface area contributed by atoms with Crippen LogP contribution in [-0.2, 0) is 11.2 Å². The van der Waals surface area contributed by atoms with Crippen molar-refractivity contribution in [3.63, 3.8) is 0 Å². The molecule has 2 aliphatic rings. The number of hydrogen-bond donors (Lipinski definition) is 1. The molecule has 0 aliphatic carbocycles. The predicted molar refractivity (Wildman–Crippen MR) is 90.6 cm³/mol. The van der Waals surface area contributed by atoms with Crippen LogP contribution in [0.2, 0.25) is 0 Å². The van der Waals surface area contributed by atoms with Crippen LogP contribution in [0.1, 0.15) is 31.9 Å². The van der Waals surface area contributed by atoms with E-state index < -0.39 is 0 Å². The molecule has 7 heteroatoms. The van der Waals surface area contributed by atoms with Gasteiger partial charge in [0.2, 0.25) is 5.91 Å². The van der Waals surface area contributed by atoms with Gasteiger partial charge in [-0.2, -0.15) is 0 Å². The van der Waals surface area contributed by atoms with E-state index in [1.165, 1.54) is 12.8 Å². The summed E-state index contributed by atoms with van der Waals surface area (Å²) < 4.78 is 1.08. The SMILES string of the molecule is CCSc1nc(CC(=O)N2CC[C@H]3CC[C@@H](C2)N3)cs1.Cl. The van der Waals surface area contributed by atoms with Crippen LogP contribution in [-0.4, -0.2) is 46.7 Å². The monoisotopic (exact) mass is 347 g/mol. The van der Waals surface area contributed by atoms with Crippen LogP contribution in [0.25, 0.3) is 0 Å². The van der Waals surface area contributed by atoms with E-state index in [1.807, 2.05) is 10.3 Å². The Hall–Kier alpha value is -0.300. The lowest BCUT2D eigenvalue weighted by atomic mass is 10.1. The Labute approximate surface area is 140 Å². The molecule has 0 aromatic carbocycles. The van der Waals surface area contributed by atoms with Crippen LogP contribution in [0.15, 0.2) is 9.72 Å². The van der Waals surface area contributed by atoms with Gasteiger partial charge in [-0.1, -0.05) is 18.7 Å². The second-order valence-electron chi connectivity index (χ2n) is 5.48. The van der Waals surface area contributed by atoms with Gasteiger partial charge in [-0.15, -0.1) is 23.7 Å². The zero-order valence-corrected chi connectivity index (χ0v) is 14.7. The highest BCUT2D eigenvalue weighted by Gasteiger charge is 2.31. The van der Waals surface area contributed by atoms with Crippen molar-refractivity contribution in [2.75, 3.05) is 18.8 Å². The minimum absolute atomic E-state index is 0. The van der Waals surface area contributed by atoms with Gasteiger partial charge in [0, 0.05) is 30.6 Å². The molecule has 3 rings (SSSR count). The predicted octanol–water partition coefficient (Wildman–Crippen LogP) is 2.57. The number of thiazole rings is 1. The van der Waals surface area contributed by atoms with Gasteiger partial charge < -0.3 is 10.2 Å². The van der Waals surface area contributed by atoms with Crippen molar-refractivity contribution < 1.29 is 4.79 Å². The molecule has 1 aromatic rings. The molecule has 3 heterocycles. The fraction of sp³-hybridized carbons (Fsp3) is 0.714. The topological polar surface area (TPSA) is 45.2 Å². The molecule has 0 saturated carbocycles. The van der Waals surface area contributed by atoms with Gasteiger partial charge >= 0.3 is 0 Å². The minimum atomic E-state index is 0. The molecule has 1 N–H and O–H groups in total. The third-order valence-electron chi connectivity index (χ3n) is 4.01. The summed E-state index contributed by atoms with van der Waals surface area (Å²) >= 11 is 3.39. The molecule has 2 aliphatic heterocycles. The van der Waals surface area contributed by atoms with Crippen molar-refractivity contribution in [1.82, 2.24) is 15.2 Å². The number of likely N-dealkylation sites (tertiary alicyclic amines) is 1. The number of aromatic nitrogens is 1. The van der Waals surface area contributed by atoms with Crippen LogP contribution >= 0.6 is 35.5 Å². The van der Waals surface area contributed by atoms with Gasteiger partial charge in [-0.05, 0) is 25.0 Å². The number of carbonyl (C=O) groups is 1. The largest absolute Gasteiger partial charge is 0.341 e. The average Bonchev–Trinajstić information content (AvgIpc) is 2.97. The molecule has 2 fully saturated rings. The molecule has 21 heavy (non-hydrogen) atoms. The van der Waals surface area contributed by atoms with E-state index >= 15 is 0 Å².